The van der Waals surface area contributed by atoms with E-state index in [1.807, 2.05) is 18.2 Å². The molecule has 1 aromatic carbocycles. The van der Waals surface area contributed by atoms with Crippen LogP contribution in [0.3, 0.4) is 0 Å². The Morgan fingerprint density at radius 2 is 2.14 bits per heavy atom. The second-order valence-corrected chi connectivity index (χ2v) is 7.30. The summed E-state index contributed by atoms with van der Waals surface area (Å²) in [5.41, 5.74) is 0.822. The van der Waals surface area contributed by atoms with Crippen LogP contribution in [0.4, 0.5) is 0 Å². The van der Waals surface area contributed by atoms with Gasteiger partial charge in [0, 0.05) is 30.8 Å². The van der Waals surface area contributed by atoms with Gasteiger partial charge in [-0.15, -0.1) is 0 Å². The number of benzene rings is 1. The normalized spacial score (nSPS) is 15.6. The van der Waals surface area contributed by atoms with Gasteiger partial charge in [-0.25, -0.2) is 0 Å². The minimum Gasteiger partial charge on any atom is -0.378 e. The van der Waals surface area contributed by atoms with E-state index in [-0.39, 0.29) is 0 Å². The lowest BCUT2D eigenvalue weighted by atomic mass is 9.98. The van der Waals surface area contributed by atoms with Crippen molar-refractivity contribution in [2.75, 3.05) is 20.2 Å². The molecule has 8 heteroatoms. The van der Waals surface area contributed by atoms with Crippen molar-refractivity contribution in [3.8, 4) is 11.4 Å². The second kappa shape index (κ2) is 11.0. The molecular formula is C20H28ClN5O2. The van der Waals surface area contributed by atoms with E-state index in [9.17, 15) is 0 Å². The average molecular weight is 406 g/mol. The molecule has 1 aliphatic rings. The molecule has 0 saturated heterocycles. The zero-order chi connectivity index (χ0) is 19.6. The Hall–Kier alpha value is -2.12. The van der Waals surface area contributed by atoms with Gasteiger partial charge in [0.1, 0.15) is 0 Å². The molecule has 152 valence electrons. The van der Waals surface area contributed by atoms with Crippen molar-refractivity contribution in [3.05, 3.63) is 35.2 Å². The largest absolute Gasteiger partial charge is 0.378 e. The molecule has 1 heterocycles. The molecule has 1 aliphatic carbocycles. The molecule has 0 bridgehead atoms. The van der Waals surface area contributed by atoms with Crippen LogP contribution in [0.1, 0.15) is 44.4 Å². The molecule has 0 spiro atoms. The molecule has 0 unspecified atom stereocenters. The van der Waals surface area contributed by atoms with Crippen molar-refractivity contribution < 1.29 is 9.26 Å². The molecule has 7 nitrogen and oxygen atoms in total. The summed E-state index contributed by atoms with van der Waals surface area (Å²) in [6.45, 7) is 1.97. The molecule has 0 amide bonds. The van der Waals surface area contributed by atoms with Crippen molar-refractivity contribution in [2.45, 2.75) is 51.2 Å². The predicted octanol–water partition coefficient (Wildman–Crippen LogP) is 3.79. The van der Waals surface area contributed by atoms with E-state index >= 15 is 0 Å². The maximum Gasteiger partial charge on any atom is 0.246 e. The van der Waals surface area contributed by atoms with E-state index in [0.717, 1.165) is 25.1 Å². The monoisotopic (exact) mass is 405 g/mol. The van der Waals surface area contributed by atoms with Crippen LogP contribution in [0.15, 0.2) is 33.8 Å². The summed E-state index contributed by atoms with van der Waals surface area (Å²) in [6.07, 6.45) is 7.76. The first-order valence-electron chi connectivity index (χ1n) is 9.89. The van der Waals surface area contributed by atoms with E-state index in [4.69, 9.17) is 20.9 Å². The van der Waals surface area contributed by atoms with Crippen LogP contribution in [0.25, 0.3) is 11.4 Å². The first kappa shape index (κ1) is 20.6. The summed E-state index contributed by atoms with van der Waals surface area (Å²) in [5.74, 6) is 1.70. The van der Waals surface area contributed by atoms with Gasteiger partial charge in [0.15, 0.2) is 5.96 Å². The lowest BCUT2D eigenvalue weighted by molar-refractivity contribution is 0.0277. The topological polar surface area (TPSA) is 84.6 Å². The average Bonchev–Trinajstić information content (AvgIpc) is 3.20. The van der Waals surface area contributed by atoms with Gasteiger partial charge in [-0.1, -0.05) is 48.2 Å². The highest BCUT2D eigenvalue weighted by Gasteiger charge is 2.13. The fourth-order valence-electron chi connectivity index (χ4n) is 3.21. The van der Waals surface area contributed by atoms with Crippen LogP contribution in [0, 0.1) is 0 Å². The van der Waals surface area contributed by atoms with Gasteiger partial charge in [0.05, 0.1) is 12.6 Å². The third kappa shape index (κ3) is 6.49. The third-order valence-electron chi connectivity index (χ3n) is 4.70. The van der Waals surface area contributed by atoms with Gasteiger partial charge >= 0.3 is 0 Å². The summed E-state index contributed by atoms with van der Waals surface area (Å²) in [5, 5.41) is 11.1. The van der Waals surface area contributed by atoms with E-state index in [1.54, 1.807) is 13.1 Å². The molecule has 2 aromatic rings. The number of aromatic nitrogens is 2. The lowest BCUT2D eigenvalue weighted by Gasteiger charge is -2.22. The molecule has 2 N–H and O–H groups in total. The summed E-state index contributed by atoms with van der Waals surface area (Å²) < 4.78 is 11.2. The molecule has 1 fully saturated rings. The number of hydrogen-bond acceptors (Lipinski definition) is 5. The second-order valence-electron chi connectivity index (χ2n) is 6.86. The molecular weight excluding hydrogens is 378 g/mol. The van der Waals surface area contributed by atoms with Crippen LogP contribution >= 0.6 is 11.6 Å². The van der Waals surface area contributed by atoms with E-state index < -0.39 is 0 Å². The van der Waals surface area contributed by atoms with Crippen LogP contribution in [-0.4, -0.2) is 42.4 Å². The maximum absolute atomic E-state index is 6.01. The molecule has 0 radical (unpaired) electrons. The SMILES string of the molecule is CN=C(NCCCOC1CCCCC1)NCc1nc(-c2cccc(Cl)c2)no1. The summed E-state index contributed by atoms with van der Waals surface area (Å²) in [6, 6.07) is 7.36. The zero-order valence-corrected chi connectivity index (χ0v) is 17.0. The van der Waals surface area contributed by atoms with Gasteiger partial charge < -0.3 is 19.9 Å². The molecule has 0 atom stereocenters. The Labute approximate surface area is 170 Å². The number of aliphatic imine (C=N–C) groups is 1. The number of halogens is 1. The van der Waals surface area contributed by atoms with Crippen molar-refractivity contribution in [1.82, 2.24) is 20.8 Å². The smallest absolute Gasteiger partial charge is 0.246 e. The number of guanidine groups is 1. The Kier molecular flexibility index (Phi) is 8.11. The highest BCUT2D eigenvalue weighted by Crippen LogP contribution is 2.20. The van der Waals surface area contributed by atoms with E-state index in [1.165, 1.54) is 32.1 Å². The summed E-state index contributed by atoms with van der Waals surface area (Å²) >= 11 is 6.01. The van der Waals surface area contributed by atoms with Gasteiger partial charge in [0.2, 0.25) is 11.7 Å². The van der Waals surface area contributed by atoms with E-state index in [0.29, 0.717) is 35.3 Å². The molecule has 28 heavy (non-hydrogen) atoms. The van der Waals surface area contributed by atoms with Crippen molar-refractivity contribution in [3.63, 3.8) is 0 Å². The van der Waals surface area contributed by atoms with Crippen molar-refractivity contribution >= 4 is 17.6 Å². The third-order valence-corrected chi connectivity index (χ3v) is 4.94. The Bertz CT molecular complexity index is 759. The highest BCUT2D eigenvalue weighted by atomic mass is 35.5. The minimum atomic E-state index is 0.395. The maximum atomic E-state index is 6.01. The van der Waals surface area contributed by atoms with Crippen LogP contribution < -0.4 is 10.6 Å². The summed E-state index contributed by atoms with van der Waals surface area (Å²) in [7, 11) is 1.74. The number of rotatable bonds is 8. The van der Waals surface area contributed by atoms with Gasteiger partial charge in [-0.3, -0.25) is 4.99 Å². The number of nitrogens with one attached hydrogen (secondary N) is 2. The number of nitrogens with zero attached hydrogens (tertiary/aromatic N) is 3. The first-order chi connectivity index (χ1) is 13.7. The van der Waals surface area contributed by atoms with E-state index in [2.05, 4.69) is 25.8 Å². The Balaban J connectivity index is 1.36. The summed E-state index contributed by atoms with van der Waals surface area (Å²) in [4.78, 5) is 8.60. The molecule has 3 rings (SSSR count). The fourth-order valence-corrected chi connectivity index (χ4v) is 3.40. The van der Waals surface area contributed by atoms with Crippen molar-refractivity contribution in [2.24, 2.45) is 4.99 Å². The standard InChI is InChI=1S/C20H28ClN5O2/c1-22-20(23-11-6-12-27-17-9-3-2-4-10-17)24-14-18-25-19(26-28-18)15-7-5-8-16(21)13-15/h5,7-8,13,17H,2-4,6,9-12,14H2,1H3,(H2,22,23,24). The molecule has 0 aliphatic heterocycles. The quantitative estimate of drug-likeness (QED) is 0.395. The fraction of sp³-hybridized carbons (Fsp3) is 0.550. The molecule has 1 aromatic heterocycles. The zero-order valence-electron chi connectivity index (χ0n) is 16.3. The van der Waals surface area contributed by atoms with Crippen LogP contribution in [-0.2, 0) is 11.3 Å². The number of ether oxygens (including phenoxy) is 1. The van der Waals surface area contributed by atoms with Crippen LogP contribution in [0.2, 0.25) is 5.02 Å². The predicted molar refractivity (Wildman–Crippen MR) is 110 cm³/mol. The van der Waals surface area contributed by atoms with Crippen LogP contribution in [0.5, 0.6) is 0 Å². The Morgan fingerprint density at radius 1 is 1.29 bits per heavy atom. The van der Waals surface area contributed by atoms with Gasteiger partial charge in [-0.05, 0) is 31.4 Å². The highest BCUT2D eigenvalue weighted by molar-refractivity contribution is 6.30. The van der Waals surface area contributed by atoms with Gasteiger partial charge in [0.25, 0.3) is 0 Å². The van der Waals surface area contributed by atoms with Gasteiger partial charge in [-0.2, -0.15) is 4.98 Å². The number of hydrogen-bond donors (Lipinski definition) is 2. The first-order valence-corrected chi connectivity index (χ1v) is 10.3. The minimum absolute atomic E-state index is 0.395. The lowest BCUT2D eigenvalue weighted by Crippen LogP contribution is -2.37. The van der Waals surface area contributed by atoms with Crippen molar-refractivity contribution in [1.29, 1.82) is 0 Å². The molecule has 1 saturated carbocycles. The Morgan fingerprint density at radius 3 is 2.93 bits per heavy atom.